The second-order valence-corrected chi connectivity index (χ2v) is 7.08. The number of aryl methyl sites for hydroxylation is 2. The molecule has 0 N–H and O–H groups in total. The summed E-state index contributed by atoms with van der Waals surface area (Å²) in [6, 6.07) is 13.4. The number of hydrogen-bond donors (Lipinski definition) is 0. The van der Waals surface area contributed by atoms with Gasteiger partial charge in [-0.15, -0.1) is 0 Å². The third-order valence-electron chi connectivity index (χ3n) is 4.73. The lowest BCUT2D eigenvalue weighted by molar-refractivity contribution is 0.0772. The van der Waals surface area contributed by atoms with E-state index >= 15 is 0 Å². The quantitative estimate of drug-likeness (QED) is 0.501. The molecule has 3 heterocycles. The fourth-order valence-electron chi connectivity index (χ4n) is 3.11. The number of ether oxygens (including phenoxy) is 1. The first-order chi connectivity index (χ1) is 14.0. The molecule has 0 aliphatic heterocycles. The predicted molar refractivity (Wildman–Crippen MR) is 108 cm³/mol. The van der Waals surface area contributed by atoms with Gasteiger partial charge >= 0.3 is 0 Å². The second-order valence-electron chi connectivity index (χ2n) is 7.08. The van der Waals surface area contributed by atoms with E-state index in [1.807, 2.05) is 60.8 Å². The van der Waals surface area contributed by atoms with Gasteiger partial charge in [-0.1, -0.05) is 23.4 Å². The van der Waals surface area contributed by atoms with Crippen molar-refractivity contribution in [1.82, 2.24) is 19.4 Å². The van der Waals surface area contributed by atoms with Crippen LogP contribution in [0, 0.1) is 13.8 Å². The highest BCUT2D eigenvalue weighted by Crippen LogP contribution is 2.21. The van der Waals surface area contributed by atoms with E-state index in [4.69, 9.17) is 9.26 Å². The van der Waals surface area contributed by atoms with E-state index in [-0.39, 0.29) is 18.2 Å². The molecule has 0 unspecified atom stereocenters. The number of carbonyl (C=O) groups excluding carboxylic acids is 1. The molecule has 7 heteroatoms. The van der Waals surface area contributed by atoms with Gasteiger partial charge in [-0.3, -0.25) is 4.79 Å². The third kappa shape index (κ3) is 3.99. The number of imidazole rings is 1. The summed E-state index contributed by atoms with van der Waals surface area (Å²) >= 11 is 0. The minimum absolute atomic E-state index is 0.210. The SMILES string of the molecule is Cc1ccc(C)c(OCc2cc(C(=O)N(C)Cc3cnc4ccccn34)no2)c1. The molecule has 1 aromatic carbocycles. The summed E-state index contributed by atoms with van der Waals surface area (Å²) in [7, 11) is 1.73. The molecule has 0 saturated heterocycles. The van der Waals surface area contributed by atoms with Crippen molar-refractivity contribution < 1.29 is 14.1 Å². The van der Waals surface area contributed by atoms with Crippen LogP contribution in [0.25, 0.3) is 5.65 Å². The van der Waals surface area contributed by atoms with Gasteiger partial charge in [-0.05, 0) is 43.2 Å². The van der Waals surface area contributed by atoms with E-state index in [9.17, 15) is 4.79 Å². The lowest BCUT2D eigenvalue weighted by Crippen LogP contribution is -2.27. The Hall–Kier alpha value is -3.61. The molecule has 1 amide bonds. The average molecular weight is 390 g/mol. The molecule has 0 saturated carbocycles. The smallest absolute Gasteiger partial charge is 0.276 e. The minimum atomic E-state index is -0.224. The molecule has 148 valence electrons. The van der Waals surface area contributed by atoms with Crippen LogP contribution in [0.15, 0.2) is 59.4 Å². The van der Waals surface area contributed by atoms with Crippen LogP contribution in [0.2, 0.25) is 0 Å². The number of hydrogen-bond acceptors (Lipinski definition) is 5. The van der Waals surface area contributed by atoms with E-state index in [1.165, 1.54) is 0 Å². The molecule has 0 bridgehead atoms. The summed E-state index contributed by atoms with van der Waals surface area (Å²) in [5.74, 6) is 1.06. The maximum atomic E-state index is 12.7. The maximum absolute atomic E-state index is 12.7. The monoisotopic (exact) mass is 390 g/mol. The van der Waals surface area contributed by atoms with Crippen LogP contribution in [-0.4, -0.2) is 32.4 Å². The summed E-state index contributed by atoms with van der Waals surface area (Å²) in [6.45, 7) is 4.61. The van der Waals surface area contributed by atoms with Crippen LogP contribution in [0.1, 0.15) is 33.1 Å². The summed E-state index contributed by atoms with van der Waals surface area (Å²) in [6.07, 6.45) is 3.69. The van der Waals surface area contributed by atoms with Crippen molar-refractivity contribution in [3.05, 3.63) is 83.1 Å². The third-order valence-corrected chi connectivity index (χ3v) is 4.73. The molecule has 0 aliphatic rings. The first-order valence-corrected chi connectivity index (χ1v) is 9.33. The Morgan fingerprint density at radius 1 is 1.21 bits per heavy atom. The van der Waals surface area contributed by atoms with Crippen LogP contribution in [0.4, 0.5) is 0 Å². The largest absolute Gasteiger partial charge is 0.485 e. The highest BCUT2D eigenvalue weighted by atomic mass is 16.5. The normalized spacial score (nSPS) is 11.0. The minimum Gasteiger partial charge on any atom is -0.485 e. The van der Waals surface area contributed by atoms with Crippen LogP contribution < -0.4 is 4.74 Å². The molecule has 0 fully saturated rings. The fourth-order valence-corrected chi connectivity index (χ4v) is 3.11. The summed E-state index contributed by atoms with van der Waals surface area (Å²) < 4.78 is 13.1. The molecule has 0 atom stereocenters. The van der Waals surface area contributed by atoms with Crippen molar-refractivity contribution in [2.45, 2.75) is 27.0 Å². The number of nitrogens with zero attached hydrogens (tertiary/aromatic N) is 4. The van der Waals surface area contributed by atoms with Crippen LogP contribution in [-0.2, 0) is 13.2 Å². The molecule has 0 aliphatic carbocycles. The summed E-state index contributed by atoms with van der Waals surface area (Å²) in [5, 5.41) is 3.91. The first kappa shape index (κ1) is 18.7. The van der Waals surface area contributed by atoms with Crippen molar-refractivity contribution in [2.24, 2.45) is 0 Å². The van der Waals surface area contributed by atoms with Crippen molar-refractivity contribution in [2.75, 3.05) is 7.05 Å². The number of rotatable bonds is 6. The highest BCUT2D eigenvalue weighted by Gasteiger charge is 2.19. The van der Waals surface area contributed by atoms with Gasteiger partial charge in [-0.2, -0.15) is 0 Å². The molecule has 0 radical (unpaired) electrons. The molecule has 29 heavy (non-hydrogen) atoms. The van der Waals surface area contributed by atoms with E-state index in [1.54, 1.807) is 24.2 Å². The van der Waals surface area contributed by atoms with Gasteiger partial charge in [0, 0.05) is 19.3 Å². The number of benzene rings is 1. The second kappa shape index (κ2) is 7.79. The van der Waals surface area contributed by atoms with Crippen molar-refractivity contribution in [3.63, 3.8) is 0 Å². The number of pyridine rings is 1. The van der Waals surface area contributed by atoms with Gasteiger partial charge in [-0.25, -0.2) is 4.98 Å². The van der Waals surface area contributed by atoms with E-state index in [2.05, 4.69) is 10.1 Å². The zero-order chi connectivity index (χ0) is 20.4. The van der Waals surface area contributed by atoms with Crippen molar-refractivity contribution >= 4 is 11.6 Å². The van der Waals surface area contributed by atoms with Crippen LogP contribution >= 0.6 is 0 Å². The van der Waals surface area contributed by atoms with Gasteiger partial charge in [0.1, 0.15) is 18.0 Å². The summed E-state index contributed by atoms with van der Waals surface area (Å²) in [4.78, 5) is 18.7. The topological polar surface area (TPSA) is 72.9 Å². The Bertz CT molecular complexity index is 1160. The molecule has 7 nitrogen and oxygen atoms in total. The number of aromatic nitrogens is 3. The fraction of sp³-hybridized carbons (Fsp3) is 0.227. The summed E-state index contributed by atoms with van der Waals surface area (Å²) in [5.41, 5.74) is 4.17. The van der Waals surface area contributed by atoms with E-state index < -0.39 is 0 Å². The van der Waals surface area contributed by atoms with Gasteiger partial charge in [0.05, 0.1) is 18.4 Å². The van der Waals surface area contributed by atoms with Gasteiger partial charge in [0.25, 0.3) is 5.91 Å². The Morgan fingerprint density at radius 3 is 2.93 bits per heavy atom. The van der Waals surface area contributed by atoms with Crippen LogP contribution in [0.5, 0.6) is 5.75 Å². The zero-order valence-electron chi connectivity index (χ0n) is 16.6. The van der Waals surface area contributed by atoms with Gasteiger partial charge < -0.3 is 18.6 Å². The van der Waals surface area contributed by atoms with Crippen molar-refractivity contribution in [1.29, 1.82) is 0 Å². The van der Waals surface area contributed by atoms with Crippen molar-refractivity contribution in [3.8, 4) is 5.75 Å². The lowest BCUT2D eigenvalue weighted by atomic mass is 10.1. The highest BCUT2D eigenvalue weighted by molar-refractivity contribution is 5.92. The molecular weight excluding hydrogens is 368 g/mol. The number of fused-ring (bicyclic) bond motifs is 1. The molecule has 4 rings (SSSR count). The van der Waals surface area contributed by atoms with E-state index in [0.717, 1.165) is 28.2 Å². The lowest BCUT2D eigenvalue weighted by Gasteiger charge is -2.15. The standard InChI is InChI=1S/C22H22N4O3/c1-15-7-8-16(2)20(10-15)28-14-18-11-19(24-29-18)22(27)25(3)13-17-12-23-21-6-4-5-9-26(17)21/h4-12H,13-14H2,1-3H3. The predicted octanol–water partition coefficient (Wildman–Crippen LogP) is 3.79. The average Bonchev–Trinajstić information content (AvgIpc) is 3.36. The zero-order valence-corrected chi connectivity index (χ0v) is 16.6. The molecule has 3 aromatic heterocycles. The Labute approximate surface area is 168 Å². The molecule has 0 spiro atoms. The first-order valence-electron chi connectivity index (χ1n) is 9.33. The number of amides is 1. The number of carbonyl (C=O) groups is 1. The Balaban J connectivity index is 1.41. The maximum Gasteiger partial charge on any atom is 0.276 e. The van der Waals surface area contributed by atoms with E-state index in [0.29, 0.717) is 12.3 Å². The Morgan fingerprint density at radius 2 is 2.07 bits per heavy atom. The Kier molecular flexibility index (Phi) is 5.03. The van der Waals surface area contributed by atoms with Crippen LogP contribution in [0.3, 0.4) is 0 Å². The van der Waals surface area contributed by atoms with Gasteiger partial charge in [0.15, 0.2) is 11.5 Å². The molecular formula is C22H22N4O3. The van der Waals surface area contributed by atoms with Gasteiger partial charge in [0.2, 0.25) is 0 Å². The molecule has 4 aromatic rings.